The molecule has 1 amide bonds. The Kier molecular flexibility index (Phi) is 2.80. The first-order valence-corrected chi connectivity index (χ1v) is 5.56. The molecule has 1 fully saturated rings. The molecule has 82 valence electrons. The summed E-state index contributed by atoms with van der Waals surface area (Å²) in [6, 6.07) is 3.94. The van der Waals surface area contributed by atoms with Crippen molar-refractivity contribution in [2.24, 2.45) is 0 Å². The topological polar surface area (TPSA) is 33.5 Å². The van der Waals surface area contributed by atoms with Gasteiger partial charge in [0.15, 0.2) is 5.76 Å². The van der Waals surface area contributed by atoms with E-state index in [1.54, 1.807) is 6.07 Å². The molecular weight excluding hydrogens is 190 g/mol. The Hall–Kier alpha value is -1.25. The zero-order valence-electron chi connectivity index (χ0n) is 9.32. The number of likely N-dealkylation sites (tertiary alicyclic amines) is 1. The molecule has 2 heterocycles. The van der Waals surface area contributed by atoms with Crippen molar-refractivity contribution in [3.05, 3.63) is 23.7 Å². The molecule has 1 aromatic rings. The lowest BCUT2D eigenvalue weighted by Gasteiger charge is -2.32. The Morgan fingerprint density at radius 1 is 1.47 bits per heavy atom. The van der Waals surface area contributed by atoms with Crippen LogP contribution >= 0.6 is 0 Å². The number of furan rings is 1. The fraction of sp³-hybridized carbons (Fsp3) is 0.583. The van der Waals surface area contributed by atoms with Crippen LogP contribution in [0, 0.1) is 6.92 Å². The second-order valence-corrected chi connectivity index (χ2v) is 4.25. The van der Waals surface area contributed by atoms with E-state index in [0.717, 1.165) is 25.1 Å². The quantitative estimate of drug-likeness (QED) is 0.709. The van der Waals surface area contributed by atoms with E-state index < -0.39 is 0 Å². The van der Waals surface area contributed by atoms with E-state index in [9.17, 15) is 4.79 Å². The lowest BCUT2D eigenvalue weighted by molar-refractivity contribution is 0.0601. The first kappa shape index (κ1) is 10.3. The van der Waals surface area contributed by atoms with E-state index in [4.69, 9.17) is 4.42 Å². The molecule has 1 aliphatic rings. The number of piperidine rings is 1. The molecule has 0 saturated carbocycles. The Morgan fingerprint density at radius 3 is 2.87 bits per heavy atom. The molecule has 1 unspecified atom stereocenters. The molecule has 0 bridgehead atoms. The zero-order chi connectivity index (χ0) is 10.8. The highest BCUT2D eigenvalue weighted by Crippen LogP contribution is 2.19. The molecular formula is C12H17NO2. The maximum absolute atomic E-state index is 12.1. The fourth-order valence-electron chi connectivity index (χ4n) is 2.09. The van der Waals surface area contributed by atoms with E-state index in [0.29, 0.717) is 11.8 Å². The number of carbonyl (C=O) groups excluding carboxylic acids is 1. The first-order valence-electron chi connectivity index (χ1n) is 5.56. The summed E-state index contributed by atoms with van der Waals surface area (Å²) < 4.78 is 5.36. The minimum Gasteiger partial charge on any atom is -0.456 e. The predicted molar refractivity (Wildman–Crippen MR) is 57.8 cm³/mol. The standard InChI is InChI=1S/C12H17NO2/c1-9-5-3-4-8-13(9)12(14)11-7-6-10(2)15-11/h6-7,9H,3-5,8H2,1-2H3. The van der Waals surface area contributed by atoms with Crippen LogP contribution in [0.15, 0.2) is 16.5 Å². The van der Waals surface area contributed by atoms with Crippen LogP contribution in [-0.2, 0) is 0 Å². The van der Waals surface area contributed by atoms with Crippen molar-refractivity contribution in [1.82, 2.24) is 4.90 Å². The molecule has 1 aromatic heterocycles. The predicted octanol–water partition coefficient (Wildman–Crippen LogP) is 2.60. The molecule has 0 radical (unpaired) electrons. The molecule has 15 heavy (non-hydrogen) atoms. The number of hydrogen-bond donors (Lipinski definition) is 0. The Bertz CT molecular complexity index is 356. The van der Waals surface area contributed by atoms with E-state index in [1.807, 2.05) is 17.9 Å². The molecule has 1 aliphatic heterocycles. The second-order valence-electron chi connectivity index (χ2n) is 4.25. The van der Waals surface area contributed by atoms with Gasteiger partial charge < -0.3 is 9.32 Å². The van der Waals surface area contributed by atoms with Crippen molar-refractivity contribution >= 4 is 5.91 Å². The van der Waals surface area contributed by atoms with E-state index >= 15 is 0 Å². The van der Waals surface area contributed by atoms with Gasteiger partial charge in [-0.1, -0.05) is 0 Å². The van der Waals surface area contributed by atoms with Gasteiger partial charge >= 0.3 is 0 Å². The summed E-state index contributed by atoms with van der Waals surface area (Å²) >= 11 is 0. The maximum Gasteiger partial charge on any atom is 0.289 e. The maximum atomic E-state index is 12.1. The van der Waals surface area contributed by atoms with Gasteiger partial charge in [0.2, 0.25) is 0 Å². The summed E-state index contributed by atoms with van der Waals surface area (Å²) in [7, 11) is 0. The van der Waals surface area contributed by atoms with Crippen molar-refractivity contribution in [3.8, 4) is 0 Å². The minimum absolute atomic E-state index is 0.0373. The molecule has 0 N–H and O–H groups in total. The fourth-order valence-corrected chi connectivity index (χ4v) is 2.09. The molecule has 0 aromatic carbocycles. The van der Waals surface area contributed by atoms with Gasteiger partial charge in [-0.2, -0.15) is 0 Å². The molecule has 0 aliphatic carbocycles. The Balaban J connectivity index is 2.13. The van der Waals surface area contributed by atoms with Crippen LogP contribution in [0.5, 0.6) is 0 Å². The number of nitrogens with zero attached hydrogens (tertiary/aromatic N) is 1. The van der Waals surface area contributed by atoms with Gasteiger partial charge in [-0.3, -0.25) is 4.79 Å². The summed E-state index contributed by atoms with van der Waals surface area (Å²) in [6.07, 6.45) is 3.43. The third kappa shape index (κ3) is 2.06. The molecule has 1 saturated heterocycles. The van der Waals surface area contributed by atoms with Gasteiger partial charge in [-0.15, -0.1) is 0 Å². The van der Waals surface area contributed by atoms with E-state index in [1.165, 1.54) is 6.42 Å². The number of aryl methyl sites for hydroxylation is 1. The van der Waals surface area contributed by atoms with Crippen molar-refractivity contribution in [2.45, 2.75) is 39.2 Å². The van der Waals surface area contributed by atoms with Crippen LogP contribution in [0.25, 0.3) is 0 Å². The molecule has 2 rings (SSSR count). The number of rotatable bonds is 1. The summed E-state index contributed by atoms with van der Waals surface area (Å²) in [5.74, 6) is 1.31. The van der Waals surface area contributed by atoms with Gasteiger partial charge in [-0.25, -0.2) is 0 Å². The van der Waals surface area contributed by atoms with Gasteiger partial charge in [0.25, 0.3) is 5.91 Å². The first-order chi connectivity index (χ1) is 7.18. The van der Waals surface area contributed by atoms with Crippen molar-refractivity contribution in [1.29, 1.82) is 0 Å². The molecule has 3 nitrogen and oxygen atoms in total. The van der Waals surface area contributed by atoms with Crippen LogP contribution in [0.2, 0.25) is 0 Å². The van der Waals surface area contributed by atoms with Gasteiger partial charge in [0.1, 0.15) is 5.76 Å². The number of amides is 1. The van der Waals surface area contributed by atoms with Crippen molar-refractivity contribution in [2.75, 3.05) is 6.54 Å². The highest BCUT2D eigenvalue weighted by molar-refractivity contribution is 5.91. The van der Waals surface area contributed by atoms with Gasteiger partial charge in [-0.05, 0) is 45.2 Å². The van der Waals surface area contributed by atoms with Crippen LogP contribution in [0.3, 0.4) is 0 Å². The largest absolute Gasteiger partial charge is 0.456 e. The summed E-state index contributed by atoms with van der Waals surface area (Å²) in [5.41, 5.74) is 0. The summed E-state index contributed by atoms with van der Waals surface area (Å²) in [5, 5.41) is 0. The highest BCUT2D eigenvalue weighted by atomic mass is 16.3. The summed E-state index contributed by atoms with van der Waals surface area (Å²) in [4.78, 5) is 14.0. The number of hydrogen-bond acceptors (Lipinski definition) is 2. The lowest BCUT2D eigenvalue weighted by Crippen LogP contribution is -2.41. The molecule has 0 spiro atoms. The van der Waals surface area contributed by atoms with E-state index in [2.05, 4.69) is 6.92 Å². The van der Waals surface area contributed by atoms with Gasteiger partial charge in [0, 0.05) is 12.6 Å². The van der Waals surface area contributed by atoms with E-state index in [-0.39, 0.29) is 5.91 Å². The molecule has 1 atom stereocenters. The smallest absolute Gasteiger partial charge is 0.289 e. The monoisotopic (exact) mass is 207 g/mol. The molecule has 3 heteroatoms. The van der Waals surface area contributed by atoms with Gasteiger partial charge in [0.05, 0.1) is 0 Å². The second kappa shape index (κ2) is 4.09. The Labute approximate surface area is 90.1 Å². The van der Waals surface area contributed by atoms with Crippen LogP contribution < -0.4 is 0 Å². The van der Waals surface area contributed by atoms with Crippen molar-refractivity contribution < 1.29 is 9.21 Å². The SMILES string of the molecule is Cc1ccc(C(=O)N2CCCCC2C)o1. The Morgan fingerprint density at radius 2 is 2.27 bits per heavy atom. The van der Waals surface area contributed by atoms with Crippen LogP contribution in [-0.4, -0.2) is 23.4 Å². The summed E-state index contributed by atoms with van der Waals surface area (Å²) in [6.45, 7) is 4.82. The number of carbonyl (C=O) groups is 1. The van der Waals surface area contributed by atoms with Crippen molar-refractivity contribution in [3.63, 3.8) is 0 Å². The average Bonchev–Trinajstić information content (AvgIpc) is 2.65. The minimum atomic E-state index is 0.0373. The normalized spacial score (nSPS) is 21.7. The van der Waals surface area contributed by atoms with Crippen LogP contribution in [0.4, 0.5) is 0 Å². The third-order valence-electron chi connectivity index (χ3n) is 3.01. The third-order valence-corrected chi connectivity index (χ3v) is 3.01. The lowest BCUT2D eigenvalue weighted by atomic mass is 10.0. The average molecular weight is 207 g/mol. The highest BCUT2D eigenvalue weighted by Gasteiger charge is 2.25. The zero-order valence-corrected chi connectivity index (χ0v) is 9.32. The van der Waals surface area contributed by atoms with Crippen LogP contribution in [0.1, 0.15) is 42.5 Å².